The summed E-state index contributed by atoms with van der Waals surface area (Å²) >= 11 is 0. The van der Waals surface area contributed by atoms with Gasteiger partial charge in [-0.3, -0.25) is 0 Å². The average Bonchev–Trinajstić information content (AvgIpc) is 2.13. The number of benzene rings is 1. The Bertz CT molecular complexity index is 414. The first-order valence-electron chi connectivity index (χ1n) is 3.34. The molecule has 5 nitrogen and oxygen atoms in total. The van der Waals surface area contributed by atoms with E-state index in [0.717, 1.165) is 12.1 Å². The van der Waals surface area contributed by atoms with Crippen molar-refractivity contribution in [2.45, 2.75) is 0 Å². The van der Waals surface area contributed by atoms with Gasteiger partial charge in [0.2, 0.25) is 0 Å². The fourth-order valence-electron chi connectivity index (χ4n) is 0.830. The second kappa shape index (κ2) is 3.71. The molecule has 0 aliphatic carbocycles. The van der Waals surface area contributed by atoms with Crippen LogP contribution in [-0.4, -0.2) is 11.1 Å². The Balaban J connectivity index is 3.40. The quantitative estimate of drug-likeness (QED) is 0.450. The number of halogens is 2. The number of azide groups is 1. The molecule has 0 atom stereocenters. The van der Waals surface area contributed by atoms with Gasteiger partial charge in [-0.05, 0) is 17.7 Å². The summed E-state index contributed by atoms with van der Waals surface area (Å²) in [5.41, 5.74) is 6.59. The average molecular weight is 199 g/mol. The van der Waals surface area contributed by atoms with Gasteiger partial charge in [0.25, 0.3) is 0 Å². The molecule has 1 N–H and O–H groups in total. The second-order valence-electron chi connectivity index (χ2n) is 2.25. The van der Waals surface area contributed by atoms with Crippen molar-refractivity contribution in [2.75, 3.05) is 0 Å². The molecule has 0 fully saturated rings. The summed E-state index contributed by atoms with van der Waals surface area (Å²) < 4.78 is 25.8. The van der Waals surface area contributed by atoms with Crippen molar-refractivity contribution in [1.29, 1.82) is 0 Å². The smallest absolute Gasteiger partial charge is 0.338 e. The van der Waals surface area contributed by atoms with Crippen LogP contribution < -0.4 is 0 Å². The Hall–Kier alpha value is -2.14. The maximum Gasteiger partial charge on any atom is 0.338 e. The first kappa shape index (κ1) is 9.94. The molecular weight excluding hydrogens is 196 g/mol. The van der Waals surface area contributed by atoms with Gasteiger partial charge in [-0.1, -0.05) is 5.11 Å². The van der Waals surface area contributed by atoms with Crippen molar-refractivity contribution in [3.05, 3.63) is 39.8 Å². The summed E-state index contributed by atoms with van der Waals surface area (Å²) in [5.74, 6) is -4.60. The fraction of sp³-hybridized carbons (Fsp3) is 0. The molecule has 1 rings (SSSR count). The minimum atomic E-state index is -1.59. The minimum absolute atomic E-state index is 0.574. The van der Waals surface area contributed by atoms with Gasteiger partial charge >= 0.3 is 5.97 Å². The van der Waals surface area contributed by atoms with Crippen LogP contribution in [0.1, 0.15) is 10.4 Å². The van der Waals surface area contributed by atoms with Crippen molar-refractivity contribution < 1.29 is 18.7 Å². The second-order valence-corrected chi connectivity index (χ2v) is 2.25. The SMILES string of the molecule is [N-]=[N+]=Nc1ccc(C(=O)O)c(F)c1F. The van der Waals surface area contributed by atoms with Gasteiger partial charge in [0.15, 0.2) is 11.6 Å². The number of carbonyl (C=O) groups is 1. The molecular formula is C7H3F2N3O2. The lowest BCUT2D eigenvalue weighted by molar-refractivity contribution is 0.0690. The van der Waals surface area contributed by atoms with Crippen molar-refractivity contribution in [3.63, 3.8) is 0 Å². The fourth-order valence-corrected chi connectivity index (χ4v) is 0.830. The van der Waals surface area contributed by atoms with Crippen LogP contribution in [0, 0.1) is 11.6 Å². The van der Waals surface area contributed by atoms with Crippen LogP contribution in [0.3, 0.4) is 0 Å². The molecule has 7 heteroatoms. The van der Waals surface area contributed by atoms with Gasteiger partial charge in [-0.2, -0.15) is 0 Å². The Morgan fingerprint density at radius 2 is 2.07 bits per heavy atom. The molecule has 0 amide bonds. The topological polar surface area (TPSA) is 86.1 Å². The number of carboxylic acids is 1. The van der Waals surface area contributed by atoms with Crippen LogP contribution in [0.5, 0.6) is 0 Å². The highest BCUT2D eigenvalue weighted by atomic mass is 19.2. The highest BCUT2D eigenvalue weighted by Crippen LogP contribution is 2.23. The van der Waals surface area contributed by atoms with Gasteiger partial charge in [-0.15, -0.1) is 0 Å². The first-order valence-corrected chi connectivity index (χ1v) is 3.34. The van der Waals surface area contributed by atoms with E-state index in [1.54, 1.807) is 0 Å². The molecule has 0 aromatic heterocycles. The lowest BCUT2D eigenvalue weighted by Crippen LogP contribution is -2.02. The van der Waals surface area contributed by atoms with Gasteiger partial charge in [0.05, 0.1) is 11.3 Å². The molecule has 0 heterocycles. The zero-order valence-electron chi connectivity index (χ0n) is 6.61. The molecule has 0 aliphatic heterocycles. The molecule has 0 spiro atoms. The van der Waals surface area contributed by atoms with Crippen LogP contribution in [0.15, 0.2) is 17.2 Å². The van der Waals surface area contributed by atoms with Crippen molar-refractivity contribution >= 4 is 11.7 Å². The molecule has 0 bridgehead atoms. The van der Waals surface area contributed by atoms with Crippen LogP contribution in [-0.2, 0) is 0 Å². The number of carboxylic acid groups (broad SMARTS) is 1. The third-order valence-corrected chi connectivity index (χ3v) is 1.44. The molecule has 1 aromatic carbocycles. The maximum atomic E-state index is 12.9. The Kier molecular flexibility index (Phi) is 2.64. The third kappa shape index (κ3) is 1.62. The molecule has 0 aliphatic rings. The molecule has 0 saturated carbocycles. The summed E-state index contributed by atoms with van der Waals surface area (Å²) in [6.07, 6.45) is 0. The first-order chi connectivity index (χ1) is 6.57. The van der Waals surface area contributed by atoms with Gasteiger partial charge in [-0.25, -0.2) is 13.6 Å². The van der Waals surface area contributed by atoms with Crippen LogP contribution >= 0.6 is 0 Å². The highest BCUT2D eigenvalue weighted by Gasteiger charge is 2.16. The van der Waals surface area contributed by atoms with E-state index < -0.39 is 28.9 Å². The van der Waals surface area contributed by atoms with Gasteiger partial charge in [0.1, 0.15) is 0 Å². The van der Waals surface area contributed by atoms with Crippen molar-refractivity contribution in [3.8, 4) is 0 Å². The Morgan fingerprint density at radius 1 is 1.43 bits per heavy atom. The molecule has 0 radical (unpaired) electrons. The monoisotopic (exact) mass is 199 g/mol. The summed E-state index contributed by atoms with van der Waals surface area (Å²) in [4.78, 5) is 12.6. The third-order valence-electron chi connectivity index (χ3n) is 1.44. The normalized spacial score (nSPS) is 9.29. The minimum Gasteiger partial charge on any atom is -0.478 e. The van der Waals surface area contributed by atoms with E-state index in [4.69, 9.17) is 10.6 Å². The number of nitrogens with zero attached hydrogens (tertiary/aromatic N) is 3. The standard InChI is InChI=1S/C7H3F2N3O2/c8-5-3(7(13)14)1-2-4(6(5)9)11-12-10/h1-2H,(H,13,14). The predicted octanol–water partition coefficient (Wildman–Crippen LogP) is 2.60. The van der Waals surface area contributed by atoms with Crippen LogP contribution in [0.4, 0.5) is 14.5 Å². The molecule has 72 valence electrons. The van der Waals surface area contributed by atoms with E-state index in [1.807, 2.05) is 0 Å². The van der Waals surface area contributed by atoms with Crippen LogP contribution in [0.2, 0.25) is 0 Å². The zero-order chi connectivity index (χ0) is 10.7. The number of hydrogen-bond donors (Lipinski definition) is 1. The lowest BCUT2D eigenvalue weighted by atomic mass is 10.2. The Morgan fingerprint density at radius 3 is 2.57 bits per heavy atom. The summed E-state index contributed by atoms with van der Waals surface area (Å²) in [6.45, 7) is 0. The van der Waals surface area contributed by atoms with E-state index in [1.165, 1.54) is 0 Å². The predicted molar refractivity (Wildman–Crippen MR) is 42.1 cm³/mol. The summed E-state index contributed by atoms with van der Waals surface area (Å²) in [6, 6.07) is 1.71. The Labute approximate surface area is 76.2 Å². The zero-order valence-corrected chi connectivity index (χ0v) is 6.61. The molecule has 14 heavy (non-hydrogen) atoms. The number of hydrogen-bond acceptors (Lipinski definition) is 2. The molecule has 1 aromatic rings. The summed E-state index contributed by atoms with van der Waals surface area (Å²) in [5, 5.41) is 11.2. The van der Waals surface area contributed by atoms with Gasteiger partial charge in [0, 0.05) is 4.91 Å². The highest BCUT2D eigenvalue weighted by molar-refractivity contribution is 5.88. The molecule has 0 unspecified atom stereocenters. The lowest BCUT2D eigenvalue weighted by Gasteiger charge is -2.00. The van der Waals surface area contributed by atoms with E-state index >= 15 is 0 Å². The van der Waals surface area contributed by atoms with Gasteiger partial charge < -0.3 is 5.11 Å². The van der Waals surface area contributed by atoms with E-state index in [0.29, 0.717) is 0 Å². The van der Waals surface area contributed by atoms with Crippen molar-refractivity contribution in [2.24, 2.45) is 5.11 Å². The number of rotatable bonds is 2. The van der Waals surface area contributed by atoms with E-state index in [-0.39, 0.29) is 0 Å². The van der Waals surface area contributed by atoms with E-state index in [9.17, 15) is 13.6 Å². The maximum absolute atomic E-state index is 12.9. The van der Waals surface area contributed by atoms with Crippen molar-refractivity contribution in [1.82, 2.24) is 0 Å². The molecule has 0 saturated heterocycles. The summed E-state index contributed by atoms with van der Waals surface area (Å²) in [7, 11) is 0. The number of aromatic carboxylic acids is 1. The van der Waals surface area contributed by atoms with E-state index in [2.05, 4.69) is 10.0 Å². The van der Waals surface area contributed by atoms with Crippen LogP contribution in [0.25, 0.3) is 10.4 Å². The largest absolute Gasteiger partial charge is 0.478 e.